The predicted molar refractivity (Wildman–Crippen MR) is 117 cm³/mol. The first-order valence-corrected chi connectivity index (χ1v) is 11.2. The molecule has 1 aliphatic rings. The van der Waals surface area contributed by atoms with Crippen molar-refractivity contribution in [1.29, 1.82) is 0 Å². The fourth-order valence-electron chi connectivity index (χ4n) is 3.51. The Hall–Kier alpha value is -3.13. The molecule has 0 radical (unpaired) electrons. The molecular formula is C23H25N3O4S. The van der Waals surface area contributed by atoms with E-state index in [0.717, 1.165) is 29.3 Å². The van der Waals surface area contributed by atoms with E-state index in [1.165, 1.54) is 29.4 Å². The molecule has 4 rings (SSSR count). The zero-order valence-electron chi connectivity index (χ0n) is 17.4. The van der Waals surface area contributed by atoms with Gasteiger partial charge in [-0.3, -0.25) is 9.59 Å². The van der Waals surface area contributed by atoms with Crippen molar-refractivity contribution in [3.63, 3.8) is 0 Å². The lowest BCUT2D eigenvalue weighted by atomic mass is 10.0. The maximum atomic E-state index is 12.4. The lowest BCUT2D eigenvalue weighted by Crippen LogP contribution is -2.46. The van der Waals surface area contributed by atoms with Gasteiger partial charge in [0.1, 0.15) is 23.6 Å². The van der Waals surface area contributed by atoms with E-state index in [1.807, 2.05) is 36.6 Å². The van der Waals surface area contributed by atoms with Gasteiger partial charge in [-0.15, -0.1) is 11.3 Å². The van der Waals surface area contributed by atoms with Crippen molar-refractivity contribution in [3.05, 3.63) is 70.1 Å². The molecule has 0 saturated carbocycles. The fraction of sp³-hybridized carbons (Fsp3) is 0.348. The number of carbonyl (C=O) groups excluding carboxylic acids is 2. The lowest BCUT2D eigenvalue weighted by molar-refractivity contribution is -0.121. The Bertz CT molecular complexity index is 1010. The topological polar surface area (TPSA) is 84.7 Å². The van der Waals surface area contributed by atoms with Crippen LogP contribution in [-0.4, -0.2) is 40.8 Å². The van der Waals surface area contributed by atoms with Crippen LogP contribution in [0.15, 0.2) is 52.7 Å². The Morgan fingerprint density at radius 1 is 1.23 bits per heavy atom. The van der Waals surface area contributed by atoms with Crippen molar-refractivity contribution >= 4 is 23.2 Å². The molecule has 3 heterocycles. The van der Waals surface area contributed by atoms with Gasteiger partial charge >= 0.3 is 0 Å². The van der Waals surface area contributed by atoms with Crippen LogP contribution < -0.4 is 10.1 Å². The first-order valence-electron chi connectivity index (χ1n) is 10.3. The lowest BCUT2D eigenvalue weighted by Gasteiger charge is -2.32. The van der Waals surface area contributed by atoms with Gasteiger partial charge in [0.25, 0.3) is 5.91 Å². The van der Waals surface area contributed by atoms with Crippen LogP contribution in [0, 0.1) is 6.92 Å². The Balaban J connectivity index is 1.20. The third kappa shape index (κ3) is 5.73. The molecule has 162 valence electrons. The van der Waals surface area contributed by atoms with E-state index >= 15 is 0 Å². The Labute approximate surface area is 185 Å². The van der Waals surface area contributed by atoms with Gasteiger partial charge in [-0.2, -0.15) is 0 Å². The molecule has 8 heteroatoms. The zero-order valence-corrected chi connectivity index (χ0v) is 18.2. The number of rotatable bonds is 7. The van der Waals surface area contributed by atoms with E-state index in [-0.39, 0.29) is 24.3 Å². The number of hydrogen-bond acceptors (Lipinski definition) is 6. The molecule has 1 saturated heterocycles. The second kappa shape index (κ2) is 9.78. The summed E-state index contributed by atoms with van der Waals surface area (Å²) in [5.74, 6) is 0.731. The normalized spacial score (nSPS) is 14.4. The zero-order chi connectivity index (χ0) is 21.6. The molecular weight excluding hydrogens is 414 g/mol. The molecule has 31 heavy (non-hydrogen) atoms. The second-order valence-corrected chi connectivity index (χ2v) is 8.60. The van der Waals surface area contributed by atoms with Crippen molar-refractivity contribution in [3.8, 4) is 5.75 Å². The number of thiazole rings is 1. The number of nitrogens with one attached hydrogen (secondary N) is 1. The Kier molecular flexibility index (Phi) is 6.66. The second-order valence-electron chi connectivity index (χ2n) is 7.66. The van der Waals surface area contributed by atoms with Crippen LogP contribution in [0.25, 0.3) is 0 Å². The van der Waals surface area contributed by atoms with Crippen LogP contribution in [-0.2, 0) is 17.8 Å². The predicted octanol–water partition coefficient (Wildman–Crippen LogP) is 3.59. The van der Waals surface area contributed by atoms with Crippen LogP contribution in [0.3, 0.4) is 0 Å². The van der Waals surface area contributed by atoms with Crippen LogP contribution in [0.2, 0.25) is 0 Å². The van der Waals surface area contributed by atoms with Gasteiger partial charge < -0.3 is 19.4 Å². The summed E-state index contributed by atoms with van der Waals surface area (Å²) in [6.07, 6.45) is 4.68. The SMILES string of the molecule is Cc1ccc(OCc2nc(CC(=O)NC3CCN(C(=O)c4ccoc4)CC3)cs2)cc1. The molecule has 2 aromatic heterocycles. The van der Waals surface area contributed by atoms with Crippen molar-refractivity contribution in [2.24, 2.45) is 0 Å². The maximum Gasteiger partial charge on any atom is 0.257 e. The van der Waals surface area contributed by atoms with Gasteiger partial charge in [0.15, 0.2) is 0 Å². The smallest absolute Gasteiger partial charge is 0.257 e. The fourth-order valence-corrected chi connectivity index (χ4v) is 4.22. The molecule has 0 aliphatic carbocycles. The highest BCUT2D eigenvalue weighted by Crippen LogP contribution is 2.17. The monoisotopic (exact) mass is 439 g/mol. The number of piperidine rings is 1. The van der Waals surface area contributed by atoms with E-state index in [0.29, 0.717) is 25.3 Å². The van der Waals surface area contributed by atoms with Gasteiger partial charge in [-0.25, -0.2) is 4.98 Å². The van der Waals surface area contributed by atoms with Crippen LogP contribution in [0.4, 0.5) is 0 Å². The van der Waals surface area contributed by atoms with Crippen LogP contribution in [0.5, 0.6) is 5.75 Å². The summed E-state index contributed by atoms with van der Waals surface area (Å²) in [6.45, 7) is 3.66. The average molecular weight is 440 g/mol. The third-order valence-electron chi connectivity index (χ3n) is 5.24. The first kappa shape index (κ1) is 21.1. The highest BCUT2D eigenvalue weighted by Gasteiger charge is 2.25. The number of likely N-dealkylation sites (tertiary alicyclic amines) is 1. The summed E-state index contributed by atoms with van der Waals surface area (Å²) in [5.41, 5.74) is 2.50. The highest BCUT2D eigenvalue weighted by molar-refractivity contribution is 7.09. The number of amides is 2. The van der Waals surface area contributed by atoms with E-state index in [1.54, 1.807) is 11.0 Å². The molecule has 0 bridgehead atoms. The molecule has 0 spiro atoms. The summed E-state index contributed by atoms with van der Waals surface area (Å²) >= 11 is 1.49. The van der Waals surface area contributed by atoms with Crippen molar-refractivity contribution in [1.82, 2.24) is 15.2 Å². The number of nitrogens with zero attached hydrogens (tertiary/aromatic N) is 2. The van der Waals surface area contributed by atoms with E-state index < -0.39 is 0 Å². The highest BCUT2D eigenvalue weighted by atomic mass is 32.1. The minimum Gasteiger partial charge on any atom is -0.486 e. The number of hydrogen-bond donors (Lipinski definition) is 1. The van der Waals surface area contributed by atoms with E-state index in [4.69, 9.17) is 9.15 Å². The molecule has 1 aliphatic heterocycles. The van der Waals surface area contributed by atoms with E-state index in [9.17, 15) is 9.59 Å². The summed E-state index contributed by atoms with van der Waals surface area (Å²) in [6, 6.07) is 9.63. The number of benzene rings is 1. The standard InChI is InChI=1S/C23H25N3O4S/c1-16-2-4-20(5-3-16)30-14-22-25-19(15-31-22)12-21(27)24-18-6-9-26(10-7-18)23(28)17-8-11-29-13-17/h2-5,8,11,13,15,18H,6-7,9-10,12,14H2,1H3,(H,24,27). The quantitative estimate of drug-likeness (QED) is 0.608. The molecule has 0 unspecified atom stereocenters. The number of carbonyl (C=O) groups is 2. The van der Waals surface area contributed by atoms with Gasteiger partial charge in [0, 0.05) is 24.5 Å². The summed E-state index contributed by atoms with van der Waals surface area (Å²) in [4.78, 5) is 31.1. The van der Waals surface area contributed by atoms with E-state index in [2.05, 4.69) is 10.3 Å². The average Bonchev–Trinajstić information content (AvgIpc) is 3.46. The van der Waals surface area contributed by atoms with Gasteiger partial charge in [0.2, 0.25) is 5.91 Å². The number of aryl methyl sites for hydroxylation is 1. The summed E-state index contributed by atoms with van der Waals surface area (Å²) in [7, 11) is 0. The Morgan fingerprint density at radius 2 is 2.00 bits per heavy atom. The minimum absolute atomic E-state index is 0.0265. The summed E-state index contributed by atoms with van der Waals surface area (Å²) in [5, 5.41) is 5.82. The number of ether oxygens (including phenoxy) is 1. The summed E-state index contributed by atoms with van der Waals surface area (Å²) < 4.78 is 10.7. The third-order valence-corrected chi connectivity index (χ3v) is 6.11. The van der Waals surface area contributed by atoms with Gasteiger partial charge in [-0.1, -0.05) is 17.7 Å². The molecule has 0 atom stereocenters. The number of aromatic nitrogens is 1. The van der Waals surface area contributed by atoms with Crippen LogP contribution in [0.1, 0.15) is 39.5 Å². The molecule has 3 aromatic rings. The molecule has 2 amide bonds. The van der Waals surface area contributed by atoms with Gasteiger partial charge in [0.05, 0.1) is 23.9 Å². The largest absolute Gasteiger partial charge is 0.486 e. The van der Waals surface area contributed by atoms with Crippen molar-refractivity contribution in [2.45, 2.75) is 38.8 Å². The molecule has 1 N–H and O–H groups in total. The molecule has 7 nitrogen and oxygen atoms in total. The maximum absolute atomic E-state index is 12.4. The first-order chi connectivity index (χ1) is 15.1. The molecule has 1 fully saturated rings. The Morgan fingerprint density at radius 3 is 2.71 bits per heavy atom. The van der Waals surface area contributed by atoms with Gasteiger partial charge in [-0.05, 0) is 38.0 Å². The van der Waals surface area contributed by atoms with Crippen LogP contribution >= 0.6 is 11.3 Å². The number of furan rings is 1. The van der Waals surface area contributed by atoms with Crippen molar-refractivity contribution in [2.75, 3.05) is 13.1 Å². The minimum atomic E-state index is -0.0454. The molecule has 1 aromatic carbocycles. The van der Waals surface area contributed by atoms with Crippen molar-refractivity contribution < 1.29 is 18.7 Å².